The number of hydrogen-bond acceptors (Lipinski definition) is 2. The van der Waals surface area contributed by atoms with Gasteiger partial charge in [-0.15, -0.1) is 0 Å². The predicted molar refractivity (Wildman–Crippen MR) is 93.4 cm³/mol. The van der Waals surface area contributed by atoms with Crippen LogP contribution in [0.3, 0.4) is 0 Å². The van der Waals surface area contributed by atoms with Gasteiger partial charge in [-0.1, -0.05) is 33.6 Å². The van der Waals surface area contributed by atoms with Crippen molar-refractivity contribution in [2.45, 2.75) is 25.2 Å². The van der Waals surface area contributed by atoms with Crippen LogP contribution < -0.4 is 10.6 Å². The first-order valence-electron chi connectivity index (χ1n) is 7.47. The Bertz CT molecular complexity index is 595. The second kappa shape index (κ2) is 8.40. The molecule has 1 unspecified atom stereocenters. The largest absolute Gasteiger partial charge is 0.401 e. The van der Waals surface area contributed by atoms with Gasteiger partial charge >= 0.3 is 6.18 Å². The molecule has 1 heterocycles. The van der Waals surface area contributed by atoms with Crippen molar-refractivity contribution >= 4 is 33.5 Å². The topological polar surface area (TPSA) is 39.7 Å². The average molecular weight is 428 g/mol. The maximum absolute atomic E-state index is 12.4. The Hall–Kier alpha value is -0.990. The van der Waals surface area contributed by atoms with E-state index in [0.717, 1.165) is 10.0 Å². The molecule has 1 aromatic carbocycles. The number of nitrogens with one attached hydrogen (secondary N) is 2. The van der Waals surface area contributed by atoms with Crippen molar-refractivity contribution < 1.29 is 13.2 Å². The lowest BCUT2D eigenvalue weighted by atomic mass is 10.2. The number of nitrogens with zero attached hydrogens (tertiary/aromatic N) is 2. The second-order valence-corrected chi connectivity index (χ2v) is 6.96. The zero-order chi connectivity index (χ0) is 17.7. The molecule has 2 rings (SSSR count). The molecule has 0 spiro atoms. The van der Waals surface area contributed by atoms with Crippen molar-refractivity contribution in [3.8, 4) is 0 Å². The maximum Gasteiger partial charge on any atom is 0.401 e. The Morgan fingerprint density at radius 1 is 1.46 bits per heavy atom. The van der Waals surface area contributed by atoms with Gasteiger partial charge < -0.3 is 10.6 Å². The predicted octanol–water partition coefficient (Wildman–Crippen LogP) is 3.40. The fraction of sp³-hybridized carbons (Fsp3) is 0.533. The lowest BCUT2D eigenvalue weighted by molar-refractivity contribution is -0.143. The quantitative estimate of drug-likeness (QED) is 0.571. The van der Waals surface area contributed by atoms with Crippen molar-refractivity contribution in [2.24, 2.45) is 4.99 Å². The summed E-state index contributed by atoms with van der Waals surface area (Å²) in [4.78, 5) is 5.51. The molecule has 9 heteroatoms. The monoisotopic (exact) mass is 426 g/mol. The summed E-state index contributed by atoms with van der Waals surface area (Å²) < 4.78 is 38.2. The van der Waals surface area contributed by atoms with Gasteiger partial charge in [0.2, 0.25) is 0 Å². The Morgan fingerprint density at radius 2 is 2.21 bits per heavy atom. The molecule has 1 aromatic rings. The van der Waals surface area contributed by atoms with Crippen LogP contribution >= 0.6 is 27.5 Å². The fourth-order valence-electron chi connectivity index (χ4n) is 2.58. The number of likely N-dealkylation sites (tertiary alicyclic amines) is 1. The van der Waals surface area contributed by atoms with Crippen LogP contribution in [0.15, 0.2) is 27.7 Å². The highest BCUT2D eigenvalue weighted by Gasteiger charge is 2.34. The van der Waals surface area contributed by atoms with E-state index in [1.807, 2.05) is 12.1 Å². The van der Waals surface area contributed by atoms with Gasteiger partial charge in [-0.05, 0) is 24.1 Å². The highest BCUT2D eigenvalue weighted by Crippen LogP contribution is 2.21. The van der Waals surface area contributed by atoms with Crippen LogP contribution in [0.4, 0.5) is 13.2 Å². The Morgan fingerprint density at radius 3 is 2.83 bits per heavy atom. The first-order valence-corrected chi connectivity index (χ1v) is 8.64. The van der Waals surface area contributed by atoms with E-state index in [2.05, 4.69) is 31.6 Å². The van der Waals surface area contributed by atoms with E-state index in [4.69, 9.17) is 11.6 Å². The Labute approximate surface area is 152 Å². The third-order valence-electron chi connectivity index (χ3n) is 3.70. The lowest BCUT2D eigenvalue weighted by Crippen LogP contribution is -2.44. The fourth-order valence-corrected chi connectivity index (χ4v) is 3.32. The van der Waals surface area contributed by atoms with Crippen LogP contribution in [0.25, 0.3) is 0 Å². The number of benzene rings is 1. The van der Waals surface area contributed by atoms with Crippen LogP contribution in [-0.4, -0.2) is 49.8 Å². The molecule has 2 N–H and O–H groups in total. The van der Waals surface area contributed by atoms with E-state index in [-0.39, 0.29) is 6.04 Å². The zero-order valence-corrected chi connectivity index (χ0v) is 15.5. The van der Waals surface area contributed by atoms with Gasteiger partial charge in [0.05, 0.1) is 6.54 Å². The van der Waals surface area contributed by atoms with E-state index in [1.165, 1.54) is 4.90 Å². The van der Waals surface area contributed by atoms with Gasteiger partial charge in [0, 0.05) is 42.2 Å². The molecular weight excluding hydrogens is 409 g/mol. The summed E-state index contributed by atoms with van der Waals surface area (Å²) in [5.74, 6) is 0.549. The van der Waals surface area contributed by atoms with Crippen molar-refractivity contribution in [2.75, 3.05) is 26.7 Å². The molecule has 1 saturated heterocycles. The summed E-state index contributed by atoms with van der Waals surface area (Å²) in [5.41, 5.74) is 0.910. The molecule has 0 aromatic heterocycles. The smallest absolute Gasteiger partial charge is 0.352 e. The van der Waals surface area contributed by atoms with Crippen molar-refractivity contribution in [1.29, 1.82) is 0 Å². The van der Waals surface area contributed by atoms with Crippen LogP contribution in [-0.2, 0) is 6.54 Å². The van der Waals surface area contributed by atoms with Crippen molar-refractivity contribution in [3.05, 3.63) is 33.3 Å². The molecule has 0 saturated carbocycles. The molecule has 0 aliphatic carbocycles. The minimum Gasteiger partial charge on any atom is -0.352 e. The average Bonchev–Trinajstić information content (AvgIpc) is 2.89. The summed E-state index contributed by atoms with van der Waals surface area (Å²) in [7, 11) is 1.63. The van der Waals surface area contributed by atoms with Crippen molar-refractivity contribution in [1.82, 2.24) is 15.5 Å². The molecule has 0 amide bonds. The second-order valence-electron chi connectivity index (χ2n) is 5.64. The van der Waals surface area contributed by atoms with Gasteiger partial charge in [0.1, 0.15) is 0 Å². The SMILES string of the molecule is CN=C(NCc1ccc(Br)cc1Cl)NC1CCN(CC(F)(F)F)C1. The van der Waals surface area contributed by atoms with Crippen LogP contribution in [0.2, 0.25) is 5.02 Å². The van der Waals surface area contributed by atoms with Gasteiger partial charge in [-0.2, -0.15) is 13.2 Å². The summed E-state index contributed by atoms with van der Waals surface area (Å²) in [6.07, 6.45) is -3.51. The Balaban J connectivity index is 1.83. The highest BCUT2D eigenvalue weighted by atomic mass is 79.9. The van der Waals surface area contributed by atoms with E-state index in [1.54, 1.807) is 13.1 Å². The normalized spacial score (nSPS) is 19.6. The van der Waals surface area contributed by atoms with Crippen LogP contribution in [0.1, 0.15) is 12.0 Å². The molecule has 1 aliphatic heterocycles. The number of hydrogen-bond donors (Lipinski definition) is 2. The number of guanidine groups is 1. The van der Waals surface area contributed by atoms with Gasteiger partial charge in [0.25, 0.3) is 0 Å². The van der Waals surface area contributed by atoms with Crippen LogP contribution in [0.5, 0.6) is 0 Å². The number of halogens is 5. The van der Waals surface area contributed by atoms with Crippen molar-refractivity contribution in [3.63, 3.8) is 0 Å². The molecule has 134 valence electrons. The standard InChI is InChI=1S/C15H19BrClF3N4/c1-21-14(22-7-10-2-3-11(16)6-13(10)17)23-12-4-5-24(8-12)9-15(18,19)20/h2-3,6,12H,4-5,7-9H2,1H3,(H2,21,22,23). The van der Waals surface area contributed by atoms with E-state index >= 15 is 0 Å². The minimum atomic E-state index is -4.16. The first-order chi connectivity index (χ1) is 11.3. The highest BCUT2D eigenvalue weighted by molar-refractivity contribution is 9.10. The molecular formula is C15H19BrClF3N4. The lowest BCUT2D eigenvalue weighted by Gasteiger charge is -2.20. The van der Waals surface area contributed by atoms with Crippen LogP contribution in [0, 0.1) is 0 Å². The Kier molecular flexibility index (Phi) is 6.77. The van der Waals surface area contributed by atoms with E-state index in [9.17, 15) is 13.2 Å². The summed E-state index contributed by atoms with van der Waals surface area (Å²) in [6, 6.07) is 5.54. The molecule has 1 atom stereocenters. The third-order valence-corrected chi connectivity index (χ3v) is 4.55. The molecule has 0 bridgehead atoms. The van der Waals surface area contributed by atoms with Gasteiger partial charge in [0.15, 0.2) is 5.96 Å². The molecule has 4 nitrogen and oxygen atoms in total. The molecule has 1 fully saturated rings. The van der Waals surface area contributed by atoms with E-state index in [0.29, 0.717) is 37.0 Å². The first kappa shape index (κ1) is 19.3. The molecule has 1 aliphatic rings. The molecule has 0 radical (unpaired) electrons. The summed E-state index contributed by atoms with van der Waals surface area (Å²) in [5, 5.41) is 6.92. The summed E-state index contributed by atoms with van der Waals surface area (Å²) >= 11 is 9.51. The third kappa shape index (κ3) is 6.14. The maximum atomic E-state index is 12.4. The van der Waals surface area contributed by atoms with Gasteiger partial charge in [-0.25, -0.2) is 0 Å². The van der Waals surface area contributed by atoms with E-state index < -0.39 is 12.7 Å². The zero-order valence-electron chi connectivity index (χ0n) is 13.1. The number of rotatable bonds is 4. The minimum absolute atomic E-state index is 0.0565. The summed E-state index contributed by atoms with van der Waals surface area (Å²) in [6.45, 7) is 0.377. The van der Waals surface area contributed by atoms with Gasteiger partial charge in [-0.3, -0.25) is 9.89 Å². The number of aliphatic imine (C=N–C) groups is 1. The molecule has 24 heavy (non-hydrogen) atoms. The number of alkyl halides is 3.